The first-order chi connectivity index (χ1) is 20.5. The fourth-order valence-electron chi connectivity index (χ4n) is 4.60. The summed E-state index contributed by atoms with van der Waals surface area (Å²) < 4.78 is 13.1. The lowest BCUT2D eigenvalue weighted by Crippen LogP contribution is -2.51. The second-order valence-corrected chi connectivity index (χ2v) is 10.9. The fraction of sp³-hybridized carbons (Fsp3) is 0.161. The van der Waals surface area contributed by atoms with Crippen molar-refractivity contribution in [1.29, 1.82) is 0 Å². The van der Waals surface area contributed by atoms with Crippen molar-refractivity contribution >= 4 is 35.2 Å². The number of hydrogen-bond acceptors (Lipinski definition) is 7. The number of rotatable bonds is 8. The third-order valence-corrected chi connectivity index (χ3v) is 7.95. The summed E-state index contributed by atoms with van der Waals surface area (Å²) in [6.07, 6.45) is 1.48. The van der Waals surface area contributed by atoms with Crippen LogP contribution in [0.4, 0.5) is 0 Å². The van der Waals surface area contributed by atoms with Crippen molar-refractivity contribution in [3.8, 4) is 28.6 Å². The van der Waals surface area contributed by atoms with Gasteiger partial charge in [0.25, 0.3) is 5.91 Å². The molecule has 212 valence electrons. The maximum absolute atomic E-state index is 13.2. The molecule has 1 aliphatic rings. The largest absolute Gasteiger partial charge is 0.459 e. The molecule has 0 atom stereocenters. The van der Waals surface area contributed by atoms with Crippen molar-refractivity contribution in [2.75, 3.05) is 31.9 Å². The van der Waals surface area contributed by atoms with Crippen molar-refractivity contribution in [1.82, 2.24) is 24.6 Å². The molecule has 0 saturated carbocycles. The van der Waals surface area contributed by atoms with Crippen LogP contribution in [0.2, 0.25) is 5.02 Å². The van der Waals surface area contributed by atoms with E-state index in [1.165, 1.54) is 18.0 Å². The topological polar surface area (TPSA) is 93.7 Å². The summed E-state index contributed by atoms with van der Waals surface area (Å²) >= 11 is 7.45. The van der Waals surface area contributed by atoms with Crippen molar-refractivity contribution in [3.63, 3.8) is 0 Å². The van der Waals surface area contributed by atoms with Crippen molar-refractivity contribution in [3.05, 3.63) is 108 Å². The summed E-state index contributed by atoms with van der Waals surface area (Å²) in [5, 5.41) is 10.1. The number of aromatic nitrogens is 3. The molecule has 42 heavy (non-hydrogen) atoms. The minimum Gasteiger partial charge on any atom is -0.459 e. The number of carbonyl (C=O) groups is 2. The molecule has 0 aliphatic carbocycles. The Bertz CT molecular complexity index is 1650. The number of para-hydroxylation sites is 1. The zero-order chi connectivity index (χ0) is 28.9. The van der Waals surface area contributed by atoms with Crippen LogP contribution >= 0.6 is 23.4 Å². The Morgan fingerprint density at radius 1 is 0.810 bits per heavy atom. The van der Waals surface area contributed by atoms with E-state index in [2.05, 4.69) is 10.2 Å². The van der Waals surface area contributed by atoms with Crippen molar-refractivity contribution < 1.29 is 18.7 Å². The van der Waals surface area contributed by atoms with Crippen molar-refractivity contribution in [2.45, 2.75) is 5.16 Å². The highest BCUT2D eigenvalue weighted by molar-refractivity contribution is 7.99. The summed E-state index contributed by atoms with van der Waals surface area (Å²) in [4.78, 5) is 29.2. The fourth-order valence-corrected chi connectivity index (χ4v) is 5.58. The van der Waals surface area contributed by atoms with Crippen molar-refractivity contribution in [2.24, 2.45) is 0 Å². The van der Waals surface area contributed by atoms with Gasteiger partial charge in [0.1, 0.15) is 11.5 Å². The Morgan fingerprint density at radius 2 is 1.50 bits per heavy atom. The summed E-state index contributed by atoms with van der Waals surface area (Å²) in [5.74, 6) is 2.37. The summed E-state index contributed by atoms with van der Waals surface area (Å²) in [6, 6.07) is 27.9. The van der Waals surface area contributed by atoms with Crippen LogP contribution in [0.5, 0.6) is 11.5 Å². The molecule has 3 heterocycles. The number of ether oxygens (including phenoxy) is 1. The van der Waals surface area contributed by atoms with E-state index in [0.29, 0.717) is 53.7 Å². The Labute approximate surface area is 251 Å². The number of carbonyl (C=O) groups excluding carboxylic acids is 2. The molecule has 6 rings (SSSR count). The zero-order valence-electron chi connectivity index (χ0n) is 22.4. The molecule has 0 bridgehead atoms. The van der Waals surface area contributed by atoms with Gasteiger partial charge in [-0.2, -0.15) is 0 Å². The van der Waals surface area contributed by atoms with E-state index in [1.807, 2.05) is 71.3 Å². The number of halogens is 1. The number of amides is 2. The van der Waals surface area contributed by atoms with Crippen LogP contribution < -0.4 is 4.74 Å². The maximum atomic E-state index is 13.2. The first kappa shape index (κ1) is 27.6. The summed E-state index contributed by atoms with van der Waals surface area (Å²) in [6.45, 7) is 1.81. The molecule has 0 N–H and O–H groups in total. The molecular formula is C31H26ClN5O4S. The van der Waals surface area contributed by atoms with Gasteiger partial charge >= 0.3 is 0 Å². The normalized spacial score (nSPS) is 13.3. The molecule has 1 saturated heterocycles. The van der Waals surface area contributed by atoms with E-state index in [9.17, 15) is 9.59 Å². The molecule has 5 aromatic rings. The van der Waals surface area contributed by atoms with E-state index < -0.39 is 0 Å². The van der Waals surface area contributed by atoms with Crippen LogP contribution in [0.15, 0.2) is 107 Å². The second-order valence-electron chi connectivity index (χ2n) is 9.50. The number of furan rings is 1. The highest BCUT2D eigenvalue weighted by atomic mass is 35.5. The SMILES string of the molecule is O=C(CSc1nnc(-c2ccc(Cl)cc2)n1-c1ccc(Oc2ccccc2)cc1)N1CCN(C(=O)c2ccco2)CC1. The highest BCUT2D eigenvalue weighted by Gasteiger charge is 2.27. The zero-order valence-corrected chi connectivity index (χ0v) is 24.0. The van der Waals surface area contributed by atoms with Crippen LogP contribution in [0.25, 0.3) is 17.1 Å². The average molecular weight is 600 g/mol. The Hall–Kier alpha value is -4.54. The monoisotopic (exact) mass is 599 g/mol. The third kappa shape index (κ3) is 6.19. The molecule has 1 fully saturated rings. The van der Waals surface area contributed by atoms with Crippen LogP contribution in [-0.2, 0) is 4.79 Å². The van der Waals surface area contributed by atoms with E-state index >= 15 is 0 Å². The second kappa shape index (κ2) is 12.5. The van der Waals surface area contributed by atoms with Gasteiger partial charge in [-0.1, -0.05) is 41.6 Å². The molecule has 11 heteroatoms. The van der Waals surface area contributed by atoms with E-state index in [0.717, 1.165) is 17.0 Å². The van der Waals surface area contributed by atoms with Gasteiger partial charge in [-0.15, -0.1) is 10.2 Å². The van der Waals surface area contributed by atoms with Crippen LogP contribution in [-0.4, -0.2) is 68.3 Å². The lowest BCUT2D eigenvalue weighted by Gasteiger charge is -2.34. The first-order valence-corrected chi connectivity index (χ1v) is 14.7. The molecule has 2 aromatic heterocycles. The molecule has 0 spiro atoms. The van der Waals surface area contributed by atoms with Gasteiger partial charge in [-0.25, -0.2) is 0 Å². The lowest BCUT2D eigenvalue weighted by molar-refractivity contribution is -0.129. The van der Waals surface area contributed by atoms with Gasteiger partial charge in [0.2, 0.25) is 5.91 Å². The number of piperazine rings is 1. The summed E-state index contributed by atoms with van der Waals surface area (Å²) in [5.41, 5.74) is 1.66. The van der Waals surface area contributed by atoms with E-state index in [1.54, 1.807) is 34.1 Å². The minimum absolute atomic E-state index is 0.0284. The highest BCUT2D eigenvalue weighted by Crippen LogP contribution is 2.30. The molecule has 9 nitrogen and oxygen atoms in total. The quantitative estimate of drug-likeness (QED) is 0.200. The smallest absolute Gasteiger partial charge is 0.289 e. The molecule has 3 aromatic carbocycles. The first-order valence-electron chi connectivity index (χ1n) is 13.3. The van der Waals surface area contributed by atoms with E-state index in [4.69, 9.17) is 20.8 Å². The van der Waals surface area contributed by atoms with Gasteiger partial charge in [0, 0.05) is 42.5 Å². The summed E-state index contributed by atoms with van der Waals surface area (Å²) in [7, 11) is 0. The Morgan fingerprint density at radius 3 is 2.19 bits per heavy atom. The Balaban J connectivity index is 1.17. The van der Waals surface area contributed by atoms with Gasteiger partial charge < -0.3 is 19.0 Å². The molecular weight excluding hydrogens is 574 g/mol. The minimum atomic E-state index is -0.163. The lowest BCUT2D eigenvalue weighted by atomic mass is 10.2. The predicted octanol–water partition coefficient (Wildman–Crippen LogP) is 6.05. The van der Waals surface area contributed by atoms with E-state index in [-0.39, 0.29) is 17.6 Å². The standard InChI is InChI=1S/C31H26ClN5O4S/c32-23-10-8-22(9-11-23)29-33-34-31(37(29)24-12-14-26(15-13-24)41-25-5-2-1-3-6-25)42-21-28(38)35-16-18-36(19-17-35)30(39)27-7-4-20-40-27/h1-15,20H,16-19,21H2. The van der Waals surface area contributed by atoms with Crippen LogP contribution in [0, 0.1) is 0 Å². The number of nitrogens with zero attached hydrogens (tertiary/aromatic N) is 5. The van der Waals surface area contributed by atoms with Crippen LogP contribution in [0.3, 0.4) is 0 Å². The number of thioether (sulfide) groups is 1. The molecule has 0 unspecified atom stereocenters. The van der Waals surface area contributed by atoms with Gasteiger partial charge in [-0.05, 0) is 72.8 Å². The number of benzene rings is 3. The molecule has 0 radical (unpaired) electrons. The molecule has 1 aliphatic heterocycles. The van der Waals surface area contributed by atoms with Gasteiger partial charge in [0.05, 0.1) is 12.0 Å². The third-order valence-electron chi connectivity index (χ3n) is 6.79. The number of hydrogen-bond donors (Lipinski definition) is 0. The average Bonchev–Trinajstić information content (AvgIpc) is 3.72. The maximum Gasteiger partial charge on any atom is 0.289 e. The molecule has 2 amide bonds. The van der Waals surface area contributed by atoms with Gasteiger partial charge in [0.15, 0.2) is 16.7 Å². The predicted molar refractivity (Wildman–Crippen MR) is 160 cm³/mol. The van der Waals surface area contributed by atoms with Gasteiger partial charge in [-0.3, -0.25) is 14.2 Å². The van der Waals surface area contributed by atoms with Crippen LogP contribution in [0.1, 0.15) is 10.6 Å². The Kier molecular flexibility index (Phi) is 8.25.